The predicted molar refractivity (Wildman–Crippen MR) is 164 cm³/mol. The van der Waals surface area contributed by atoms with Gasteiger partial charge in [-0.2, -0.15) is 0 Å². The van der Waals surface area contributed by atoms with E-state index in [0.717, 1.165) is 16.5 Å². The first-order valence-corrected chi connectivity index (χ1v) is 15.1. The standard InChI is InChI=1S/C32H43N5O7/c1-19(2)28-30(40)34-21(4)31(41)37-15-7-10-25(36-37)29(39)33-20(3)24-14-13-23-12-11-22(17-26(23)35-24)9-8-16-42-32(5,6)43-18-27(38)44-28/h8-9,11-14,17,19-21,25,28,36H,7,10,15-16,18H2,1-6H3,(H,33,39)(H,34,40)/b9-8+/t20-,21+,25+,28+/m1/s1. The molecule has 12 heteroatoms. The number of nitrogens with one attached hydrogen (secondary N) is 3. The maximum absolute atomic E-state index is 13.3. The van der Waals surface area contributed by atoms with Gasteiger partial charge in [-0.15, -0.1) is 0 Å². The van der Waals surface area contributed by atoms with Crippen molar-refractivity contribution >= 4 is 40.7 Å². The molecule has 0 saturated carbocycles. The number of hydrogen-bond acceptors (Lipinski definition) is 9. The van der Waals surface area contributed by atoms with Crippen molar-refractivity contribution in [1.29, 1.82) is 0 Å². The molecule has 2 aliphatic heterocycles. The number of amides is 3. The highest BCUT2D eigenvalue weighted by Crippen LogP contribution is 2.20. The molecule has 4 rings (SSSR count). The molecule has 3 heterocycles. The summed E-state index contributed by atoms with van der Waals surface area (Å²) in [6.45, 7) is 10.4. The van der Waals surface area contributed by atoms with Crippen LogP contribution in [0.1, 0.15) is 71.7 Å². The fourth-order valence-electron chi connectivity index (χ4n) is 4.98. The number of hydrazine groups is 1. The highest BCUT2D eigenvalue weighted by molar-refractivity contribution is 5.91. The topological polar surface area (TPSA) is 148 Å². The second-order valence-corrected chi connectivity index (χ2v) is 12.0. The summed E-state index contributed by atoms with van der Waals surface area (Å²) in [7, 11) is 0. The van der Waals surface area contributed by atoms with Crippen LogP contribution in [0.2, 0.25) is 0 Å². The number of cyclic esters (lactones) is 1. The molecule has 0 aliphatic carbocycles. The Morgan fingerprint density at radius 1 is 0.977 bits per heavy atom. The van der Waals surface area contributed by atoms with Crippen LogP contribution in [0, 0.1) is 5.92 Å². The minimum absolute atomic E-state index is 0.214. The Morgan fingerprint density at radius 2 is 1.70 bits per heavy atom. The lowest BCUT2D eigenvalue weighted by Crippen LogP contribution is -2.61. The first-order chi connectivity index (χ1) is 20.8. The monoisotopic (exact) mass is 609 g/mol. The average molecular weight is 610 g/mol. The summed E-state index contributed by atoms with van der Waals surface area (Å²) in [6, 6.07) is 7.80. The number of ether oxygens (including phenoxy) is 3. The molecule has 238 valence electrons. The minimum Gasteiger partial charge on any atom is -0.450 e. The number of esters is 1. The molecule has 5 bridgehead atoms. The van der Waals surface area contributed by atoms with Crippen LogP contribution in [0.3, 0.4) is 0 Å². The van der Waals surface area contributed by atoms with E-state index in [9.17, 15) is 19.2 Å². The zero-order valence-corrected chi connectivity index (χ0v) is 26.2. The van der Waals surface area contributed by atoms with Crippen molar-refractivity contribution in [2.75, 3.05) is 19.8 Å². The van der Waals surface area contributed by atoms with E-state index in [1.54, 1.807) is 34.6 Å². The van der Waals surface area contributed by atoms with Crippen LogP contribution in [0.25, 0.3) is 17.0 Å². The third kappa shape index (κ3) is 8.61. The first kappa shape index (κ1) is 33.0. The molecule has 3 amide bonds. The summed E-state index contributed by atoms with van der Waals surface area (Å²) in [5, 5.41) is 7.99. The minimum atomic E-state index is -1.14. The molecule has 1 aromatic carbocycles. The van der Waals surface area contributed by atoms with E-state index < -0.39 is 48.4 Å². The molecule has 1 saturated heterocycles. The SMILES string of the molecule is CC(C)[C@@H]1OC(=O)COC(C)(C)OC/C=C/c2ccc3ccc(nc3c2)[C@@H](C)NC(=O)[C@@H]2CCCN(N2)C(=O)[C@H](C)NC1=O. The van der Waals surface area contributed by atoms with Gasteiger partial charge in [0.05, 0.1) is 23.9 Å². The van der Waals surface area contributed by atoms with Gasteiger partial charge in [-0.05, 0) is 64.2 Å². The van der Waals surface area contributed by atoms with E-state index in [1.807, 2.05) is 49.4 Å². The fourth-order valence-corrected chi connectivity index (χ4v) is 4.98. The quantitative estimate of drug-likeness (QED) is 0.415. The predicted octanol–water partition coefficient (Wildman–Crippen LogP) is 2.78. The van der Waals surface area contributed by atoms with Crippen molar-refractivity contribution in [2.45, 2.75) is 84.4 Å². The molecule has 3 N–H and O–H groups in total. The normalized spacial score (nSPS) is 26.9. The zero-order chi connectivity index (χ0) is 32.0. The van der Waals surface area contributed by atoms with Gasteiger partial charge in [0.2, 0.25) is 5.91 Å². The van der Waals surface area contributed by atoms with Crippen LogP contribution in [0.5, 0.6) is 0 Å². The maximum atomic E-state index is 13.3. The number of rotatable bonds is 1. The molecular weight excluding hydrogens is 566 g/mol. The molecule has 0 unspecified atom stereocenters. The number of aromatic nitrogens is 1. The summed E-state index contributed by atoms with van der Waals surface area (Å²) in [6.07, 6.45) is 3.74. The van der Waals surface area contributed by atoms with Crippen LogP contribution in [0.15, 0.2) is 36.4 Å². The van der Waals surface area contributed by atoms with Crippen LogP contribution in [-0.2, 0) is 33.4 Å². The Balaban J connectivity index is 1.58. The number of benzene rings is 1. The lowest BCUT2D eigenvalue weighted by atomic mass is 10.1. The zero-order valence-electron chi connectivity index (χ0n) is 26.2. The first-order valence-electron chi connectivity index (χ1n) is 15.1. The average Bonchev–Trinajstić information content (AvgIpc) is 2.99. The Labute approximate surface area is 257 Å². The van der Waals surface area contributed by atoms with Crippen LogP contribution in [-0.4, -0.2) is 77.4 Å². The molecule has 12 nitrogen and oxygen atoms in total. The van der Waals surface area contributed by atoms with E-state index in [-0.39, 0.29) is 24.5 Å². The lowest BCUT2D eigenvalue weighted by molar-refractivity contribution is -0.216. The van der Waals surface area contributed by atoms with Crippen molar-refractivity contribution in [3.63, 3.8) is 0 Å². The van der Waals surface area contributed by atoms with E-state index in [1.165, 1.54) is 5.01 Å². The van der Waals surface area contributed by atoms with Crippen molar-refractivity contribution in [1.82, 2.24) is 26.1 Å². The molecule has 0 spiro atoms. The molecule has 44 heavy (non-hydrogen) atoms. The second-order valence-electron chi connectivity index (χ2n) is 12.0. The summed E-state index contributed by atoms with van der Waals surface area (Å²) in [4.78, 5) is 57.0. The Kier molecular flexibility index (Phi) is 10.7. The van der Waals surface area contributed by atoms with Gasteiger partial charge < -0.3 is 24.8 Å². The summed E-state index contributed by atoms with van der Waals surface area (Å²) in [5.41, 5.74) is 5.42. The lowest BCUT2D eigenvalue weighted by Gasteiger charge is -2.35. The summed E-state index contributed by atoms with van der Waals surface area (Å²) >= 11 is 0. The van der Waals surface area contributed by atoms with Crippen LogP contribution < -0.4 is 16.1 Å². The largest absolute Gasteiger partial charge is 0.450 e. The summed E-state index contributed by atoms with van der Waals surface area (Å²) in [5.74, 6) is -3.48. The van der Waals surface area contributed by atoms with Crippen LogP contribution >= 0.6 is 0 Å². The van der Waals surface area contributed by atoms with Crippen molar-refractivity contribution in [2.24, 2.45) is 5.92 Å². The molecule has 4 atom stereocenters. The number of hydrogen-bond donors (Lipinski definition) is 3. The maximum Gasteiger partial charge on any atom is 0.333 e. The van der Waals surface area contributed by atoms with E-state index in [0.29, 0.717) is 25.1 Å². The van der Waals surface area contributed by atoms with Gasteiger partial charge in [0.25, 0.3) is 11.8 Å². The van der Waals surface area contributed by atoms with Gasteiger partial charge in [0, 0.05) is 11.9 Å². The van der Waals surface area contributed by atoms with Gasteiger partial charge in [-0.25, -0.2) is 10.2 Å². The van der Waals surface area contributed by atoms with E-state index in [4.69, 9.17) is 19.2 Å². The van der Waals surface area contributed by atoms with Crippen LogP contribution in [0.4, 0.5) is 0 Å². The Hall–Kier alpha value is -3.87. The molecular formula is C32H43N5O7. The van der Waals surface area contributed by atoms with E-state index >= 15 is 0 Å². The second kappa shape index (κ2) is 14.3. The van der Waals surface area contributed by atoms with Crippen molar-refractivity contribution in [3.8, 4) is 0 Å². The highest BCUT2D eigenvalue weighted by atomic mass is 16.7. The number of fused-ring (bicyclic) bond motifs is 4. The fraction of sp³-hybridized carbons (Fsp3) is 0.531. The molecule has 0 radical (unpaired) electrons. The number of carbonyl (C=O) groups is 4. The molecule has 2 aliphatic rings. The molecule has 2 aromatic rings. The number of pyridine rings is 1. The van der Waals surface area contributed by atoms with Gasteiger partial charge in [0.15, 0.2) is 11.9 Å². The van der Waals surface area contributed by atoms with Crippen molar-refractivity contribution < 1.29 is 33.4 Å². The smallest absolute Gasteiger partial charge is 0.333 e. The van der Waals surface area contributed by atoms with Gasteiger partial charge in [0.1, 0.15) is 18.7 Å². The highest BCUT2D eigenvalue weighted by Gasteiger charge is 2.34. The van der Waals surface area contributed by atoms with Gasteiger partial charge >= 0.3 is 5.97 Å². The third-order valence-corrected chi connectivity index (χ3v) is 7.54. The van der Waals surface area contributed by atoms with Gasteiger partial charge in [-0.1, -0.05) is 44.2 Å². The third-order valence-electron chi connectivity index (χ3n) is 7.54. The number of carbonyl (C=O) groups excluding carboxylic acids is 4. The Morgan fingerprint density at radius 3 is 2.45 bits per heavy atom. The number of nitrogens with zero attached hydrogens (tertiary/aromatic N) is 2. The van der Waals surface area contributed by atoms with Gasteiger partial charge in [-0.3, -0.25) is 24.4 Å². The van der Waals surface area contributed by atoms with E-state index in [2.05, 4.69) is 16.1 Å². The van der Waals surface area contributed by atoms with Crippen molar-refractivity contribution in [3.05, 3.63) is 47.7 Å². The molecule has 1 fully saturated rings. The summed E-state index contributed by atoms with van der Waals surface area (Å²) < 4.78 is 16.9. The Bertz CT molecular complexity index is 1410. The molecule has 1 aromatic heterocycles.